The SMILES string of the molecule is COC[C@H]1O[C@@H](O[C@H]2O[C@H](CO)[C@@H](O)[C@H](O)[C@H]2O)[C@H](O)[C@@H](O)[C@H]1O[C@@H]1[C@H](O)[C@@H](O)CO[C@@H]1CO. The van der Waals surface area contributed by atoms with Gasteiger partial charge in [-0.05, 0) is 0 Å². The van der Waals surface area contributed by atoms with E-state index in [1.54, 1.807) is 0 Å². The first-order chi connectivity index (χ1) is 16.1. The molecule has 3 heterocycles. The second-order valence-corrected chi connectivity index (χ2v) is 8.49. The minimum absolute atomic E-state index is 0.195. The molecule has 3 aliphatic heterocycles. The molecule has 0 amide bonds. The van der Waals surface area contributed by atoms with Crippen LogP contribution in [0, 0.1) is 0 Å². The Balaban J connectivity index is 1.74. The van der Waals surface area contributed by atoms with Gasteiger partial charge < -0.3 is 74.4 Å². The van der Waals surface area contributed by atoms with Crippen LogP contribution in [-0.4, -0.2) is 165 Å². The highest BCUT2D eigenvalue weighted by Crippen LogP contribution is 2.31. The van der Waals surface area contributed by atoms with E-state index < -0.39 is 99.0 Å². The number of hydrogen-bond donors (Lipinski definition) is 9. The first-order valence-corrected chi connectivity index (χ1v) is 10.8. The zero-order valence-electron chi connectivity index (χ0n) is 18.4. The fraction of sp³-hybridized carbons (Fsp3) is 1.00. The highest BCUT2D eigenvalue weighted by atomic mass is 16.8. The number of rotatable bonds is 8. The third-order valence-electron chi connectivity index (χ3n) is 6.16. The van der Waals surface area contributed by atoms with E-state index in [0.29, 0.717) is 0 Å². The van der Waals surface area contributed by atoms with Crippen LogP contribution in [0.1, 0.15) is 0 Å². The molecule has 0 aliphatic carbocycles. The lowest BCUT2D eigenvalue weighted by Gasteiger charge is -2.47. The van der Waals surface area contributed by atoms with Crippen LogP contribution in [0.15, 0.2) is 0 Å². The van der Waals surface area contributed by atoms with Crippen molar-refractivity contribution in [1.29, 1.82) is 0 Å². The van der Waals surface area contributed by atoms with Gasteiger partial charge >= 0.3 is 0 Å². The molecule has 0 aromatic carbocycles. The molecule has 0 spiro atoms. The van der Waals surface area contributed by atoms with Crippen molar-refractivity contribution in [2.45, 2.75) is 85.8 Å². The van der Waals surface area contributed by atoms with Gasteiger partial charge in [0.2, 0.25) is 0 Å². The van der Waals surface area contributed by atoms with E-state index in [2.05, 4.69) is 0 Å². The summed E-state index contributed by atoms with van der Waals surface area (Å²) in [4.78, 5) is 0. The highest BCUT2D eigenvalue weighted by Gasteiger charge is 2.52. The smallest absolute Gasteiger partial charge is 0.189 e. The number of hydrogen-bond acceptors (Lipinski definition) is 15. The summed E-state index contributed by atoms with van der Waals surface area (Å²) in [6.07, 6.45) is -20.8. The Hall–Kier alpha value is -0.600. The van der Waals surface area contributed by atoms with Crippen LogP contribution in [0.2, 0.25) is 0 Å². The van der Waals surface area contributed by atoms with Crippen LogP contribution in [0.3, 0.4) is 0 Å². The van der Waals surface area contributed by atoms with Crippen LogP contribution < -0.4 is 0 Å². The second kappa shape index (κ2) is 12.1. The van der Waals surface area contributed by atoms with Crippen LogP contribution >= 0.6 is 0 Å². The van der Waals surface area contributed by atoms with E-state index in [-0.39, 0.29) is 13.2 Å². The lowest BCUT2D eigenvalue weighted by molar-refractivity contribution is -0.383. The fourth-order valence-corrected chi connectivity index (χ4v) is 4.16. The molecule has 0 unspecified atom stereocenters. The molecule has 0 aromatic heterocycles. The van der Waals surface area contributed by atoms with Crippen molar-refractivity contribution in [2.24, 2.45) is 0 Å². The zero-order valence-corrected chi connectivity index (χ0v) is 18.4. The van der Waals surface area contributed by atoms with Crippen molar-refractivity contribution in [2.75, 3.05) is 33.5 Å². The average molecular weight is 502 g/mol. The summed E-state index contributed by atoms with van der Waals surface area (Å²) < 4.78 is 32.4. The largest absolute Gasteiger partial charge is 0.394 e. The van der Waals surface area contributed by atoms with Gasteiger partial charge in [0.05, 0.1) is 26.4 Å². The Morgan fingerprint density at radius 1 is 0.647 bits per heavy atom. The summed E-state index contributed by atoms with van der Waals surface area (Å²) >= 11 is 0. The van der Waals surface area contributed by atoms with E-state index in [9.17, 15) is 46.0 Å². The number of aliphatic hydroxyl groups excluding tert-OH is 9. The van der Waals surface area contributed by atoms with Gasteiger partial charge in [-0.2, -0.15) is 0 Å². The van der Waals surface area contributed by atoms with Crippen molar-refractivity contribution in [3.05, 3.63) is 0 Å². The van der Waals surface area contributed by atoms with Crippen LogP contribution in [-0.2, 0) is 28.4 Å². The molecule has 3 fully saturated rings. The van der Waals surface area contributed by atoms with E-state index in [4.69, 9.17) is 28.4 Å². The third-order valence-corrected chi connectivity index (χ3v) is 6.16. The summed E-state index contributed by atoms with van der Waals surface area (Å²) in [5.74, 6) is 0. The van der Waals surface area contributed by atoms with Gasteiger partial charge in [-0.25, -0.2) is 0 Å². The predicted molar refractivity (Wildman–Crippen MR) is 105 cm³/mol. The molecule has 34 heavy (non-hydrogen) atoms. The topological polar surface area (TPSA) is 237 Å². The molecule has 0 radical (unpaired) electrons. The first-order valence-electron chi connectivity index (χ1n) is 10.8. The summed E-state index contributed by atoms with van der Waals surface area (Å²) in [5, 5.41) is 90.4. The van der Waals surface area contributed by atoms with E-state index in [1.807, 2.05) is 0 Å². The van der Waals surface area contributed by atoms with Crippen molar-refractivity contribution in [1.82, 2.24) is 0 Å². The van der Waals surface area contributed by atoms with Crippen LogP contribution in [0.5, 0.6) is 0 Å². The van der Waals surface area contributed by atoms with Crippen molar-refractivity contribution >= 4 is 0 Å². The normalized spacial score (nSPS) is 50.3. The molecule has 3 aliphatic rings. The van der Waals surface area contributed by atoms with Gasteiger partial charge in [0.1, 0.15) is 73.2 Å². The Kier molecular flexibility index (Phi) is 9.95. The summed E-state index contributed by atoms with van der Waals surface area (Å²) in [5.41, 5.74) is 0. The molecule has 0 saturated carbocycles. The summed E-state index contributed by atoms with van der Waals surface area (Å²) in [7, 11) is 1.32. The van der Waals surface area contributed by atoms with Gasteiger partial charge in [0, 0.05) is 7.11 Å². The van der Waals surface area contributed by atoms with Gasteiger partial charge in [-0.1, -0.05) is 0 Å². The Morgan fingerprint density at radius 3 is 1.79 bits per heavy atom. The van der Waals surface area contributed by atoms with E-state index in [1.165, 1.54) is 7.11 Å². The zero-order chi connectivity index (χ0) is 25.2. The van der Waals surface area contributed by atoms with Crippen molar-refractivity contribution in [3.8, 4) is 0 Å². The maximum absolute atomic E-state index is 10.8. The quantitative estimate of drug-likeness (QED) is 0.150. The van der Waals surface area contributed by atoms with Crippen LogP contribution in [0.25, 0.3) is 0 Å². The molecule has 9 N–H and O–H groups in total. The predicted octanol–water partition coefficient (Wildman–Crippen LogP) is -6.24. The summed E-state index contributed by atoms with van der Waals surface area (Å²) in [6.45, 7) is -1.69. The van der Waals surface area contributed by atoms with Gasteiger partial charge in [-0.15, -0.1) is 0 Å². The van der Waals surface area contributed by atoms with E-state index in [0.717, 1.165) is 0 Å². The molecule has 3 saturated heterocycles. The minimum atomic E-state index is -1.80. The molecular weight excluding hydrogens is 468 g/mol. The van der Waals surface area contributed by atoms with Gasteiger partial charge in [0.25, 0.3) is 0 Å². The first kappa shape index (κ1) is 28.0. The second-order valence-electron chi connectivity index (χ2n) is 8.49. The molecule has 14 atom stereocenters. The minimum Gasteiger partial charge on any atom is -0.394 e. The molecule has 3 rings (SSSR count). The third kappa shape index (κ3) is 5.69. The molecule has 15 nitrogen and oxygen atoms in total. The molecule has 15 heteroatoms. The fourth-order valence-electron chi connectivity index (χ4n) is 4.16. The standard InChI is InChI=1S/C19H34O15/c1-29-5-9-17(33-16-8(3-21)30-4-6(22)10(16)23)13(26)15(28)19(32-9)34-18-14(27)12(25)11(24)7(2-20)31-18/h6-28H,2-5H2,1H3/t6-,7+,8+,9+,10+,11+,12-,13+,14+,15+,16-,17-,18+,19-/m0/s1. The maximum atomic E-state index is 10.8. The van der Waals surface area contributed by atoms with Gasteiger partial charge in [0.15, 0.2) is 12.6 Å². The van der Waals surface area contributed by atoms with Gasteiger partial charge in [-0.3, -0.25) is 0 Å². The van der Waals surface area contributed by atoms with Crippen molar-refractivity contribution < 1.29 is 74.4 Å². The monoisotopic (exact) mass is 502 g/mol. The maximum Gasteiger partial charge on any atom is 0.189 e. The van der Waals surface area contributed by atoms with E-state index >= 15 is 0 Å². The lowest BCUT2D eigenvalue weighted by atomic mass is 9.95. The molecule has 200 valence electrons. The Morgan fingerprint density at radius 2 is 1.21 bits per heavy atom. The molecular formula is C19H34O15. The van der Waals surface area contributed by atoms with Crippen LogP contribution in [0.4, 0.5) is 0 Å². The Labute approximate surface area is 194 Å². The average Bonchev–Trinajstić information content (AvgIpc) is 2.82. The molecule has 0 aromatic rings. The highest BCUT2D eigenvalue weighted by molar-refractivity contribution is 4.96. The Bertz CT molecular complexity index is 623. The molecule has 0 bridgehead atoms. The summed E-state index contributed by atoms with van der Waals surface area (Å²) in [6, 6.07) is 0. The van der Waals surface area contributed by atoms with Crippen molar-refractivity contribution in [3.63, 3.8) is 0 Å². The number of methoxy groups -OCH3 is 1. The number of aliphatic hydroxyl groups is 9. The lowest BCUT2D eigenvalue weighted by Crippen LogP contribution is -2.66. The number of ether oxygens (including phenoxy) is 6.